The summed E-state index contributed by atoms with van der Waals surface area (Å²) >= 11 is 0. The van der Waals surface area contributed by atoms with Crippen LogP contribution in [0, 0.1) is 0 Å². The van der Waals surface area contributed by atoms with Crippen molar-refractivity contribution in [1.82, 2.24) is 10.2 Å². The molecule has 1 aromatic carbocycles. The summed E-state index contributed by atoms with van der Waals surface area (Å²) in [5.74, 6) is 0.303. The SMILES string of the molecule is C=C1NC(=O)OC12CCN(C(CC)C(=O)Oc1ccccc1)CC2. The number of carbonyl (C=O) groups excluding carboxylic acids is 2. The Bertz CT molecular complexity index is 636. The first kappa shape index (κ1) is 16.5. The van der Waals surface area contributed by atoms with Crippen LogP contribution >= 0.6 is 0 Å². The van der Waals surface area contributed by atoms with Crippen molar-refractivity contribution in [3.05, 3.63) is 42.6 Å². The molecule has 0 bridgehead atoms. The summed E-state index contributed by atoms with van der Waals surface area (Å²) in [6.07, 6.45) is 1.47. The normalized spacial score (nSPS) is 21.2. The Morgan fingerprint density at radius 2 is 2.04 bits per heavy atom. The van der Waals surface area contributed by atoms with Gasteiger partial charge in [0, 0.05) is 25.9 Å². The molecule has 3 rings (SSSR count). The molecular weight excluding hydrogens is 308 g/mol. The molecule has 0 radical (unpaired) electrons. The highest BCUT2D eigenvalue weighted by Gasteiger charge is 2.47. The van der Waals surface area contributed by atoms with Crippen LogP contribution in [0.25, 0.3) is 0 Å². The Balaban J connectivity index is 1.62. The summed E-state index contributed by atoms with van der Waals surface area (Å²) in [6, 6.07) is 8.78. The van der Waals surface area contributed by atoms with Gasteiger partial charge in [0.1, 0.15) is 11.8 Å². The van der Waals surface area contributed by atoms with Crippen molar-refractivity contribution in [3.8, 4) is 5.75 Å². The van der Waals surface area contributed by atoms with Crippen LogP contribution in [0.5, 0.6) is 5.75 Å². The smallest absolute Gasteiger partial charge is 0.412 e. The van der Waals surface area contributed by atoms with E-state index in [-0.39, 0.29) is 12.0 Å². The molecule has 6 nitrogen and oxygen atoms in total. The number of esters is 1. The van der Waals surface area contributed by atoms with E-state index in [1.807, 2.05) is 25.1 Å². The highest BCUT2D eigenvalue weighted by Crippen LogP contribution is 2.36. The lowest BCUT2D eigenvalue weighted by Crippen LogP contribution is -2.52. The van der Waals surface area contributed by atoms with Gasteiger partial charge in [0.2, 0.25) is 0 Å². The number of hydrogen-bond donors (Lipinski definition) is 1. The second kappa shape index (κ2) is 6.65. The first-order chi connectivity index (χ1) is 11.5. The lowest BCUT2D eigenvalue weighted by atomic mass is 9.88. The van der Waals surface area contributed by atoms with Gasteiger partial charge in [0.25, 0.3) is 0 Å². The van der Waals surface area contributed by atoms with Crippen LogP contribution in [0.1, 0.15) is 26.2 Å². The molecule has 2 saturated heterocycles. The van der Waals surface area contributed by atoms with Crippen LogP contribution in [-0.2, 0) is 9.53 Å². The van der Waals surface area contributed by atoms with E-state index in [1.54, 1.807) is 12.1 Å². The summed E-state index contributed by atoms with van der Waals surface area (Å²) in [4.78, 5) is 26.0. The monoisotopic (exact) mass is 330 g/mol. The van der Waals surface area contributed by atoms with Gasteiger partial charge in [-0.2, -0.15) is 0 Å². The maximum absolute atomic E-state index is 12.5. The number of hydrogen-bond acceptors (Lipinski definition) is 5. The van der Waals surface area contributed by atoms with Gasteiger partial charge in [-0.3, -0.25) is 10.2 Å². The van der Waals surface area contributed by atoms with E-state index < -0.39 is 11.7 Å². The molecule has 1 unspecified atom stereocenters. The zero-order valence-electron chi connectivity index (χ0n) is 13.8. The Morgan fingerprint density at radius 3 is 2.58 bits per heavy atom. The maximum atomic E-state index is 12.5. The third-order valence-corrected chi connectivity index (χ3v) is 4.76. The van der Waals surface area contributed by atoms with Crippen LogP contribution in [0.15, 0.2) is 42.6 Å². The van der Waals surface area contributed by atoms with E-state index in [4.69, 9.17) is 9.47 Å². The van der Waals surface area contributed by atoms with Crippen molar-refractivity contribution in [2.75, 3.05) is 13.1 Å². The second-order valence-corrected chi connectivity index (χ2v) is 6.18. The predicted molar refractivity (Wildman–Crippen MR) is 88.5 cm³/mol. The molecule has 1 spiro atoms. The Hall–Kier alpha value is -2.34. The van der Waals surface area contributed by atoms with Crippen LogP contribution in [0.4, 0.5) is 4.79 Å². The topological polar surface area (TPSA) is 67.9 Å². The zero-order valence-corrected chi connectivity index (χ0v) is 13.8. The van der Waals surface area contributed by atoms with Gasteiger partial charge in [0.15, 0.2) is 5.60 Å². The van der Waals surface area contributed by atoms with Gasteiger partial charge in [-0.05, 0) is 18.6 Å². The molecule has 1 aromatic rings. The largest absolute Gasteiger partial charge is 0.436 e. The van der Waals surface area contributed by atoms with Crippen LogP contribution in [0.2, 0.25) is 0 Å². The van der Waals surface area contributed by atoms with E-state index >= 15 is 0 Å². The average Bonchev–Trinajstić information content (AvgIpc) is 2.84. The Morgan fingerprint density at radius 1 is 1.38 bits per heavy atom. The number of ether oxygens (including phenoxy) is 2. The number of alkyl carbamates (subject to hydrolysis) is 1. The average molecular weight is 330 g/mol. The number of para-hydroxylation sites is 1. The minimum Gasteiger partial charge on any atom is -0.436 e. The van der Waals surface area contributed by atoms with E-state index in [2.05, 4.69) is 16.8 Å². The predicted octanol–water partition coefficient (Wildman–Crippen LogP) is 2.46. The quantitative estimate of drug-likeness (QED) is 0.678. The number of likely N-dealkylation sites (tertiary alicyclic amines) is 1. The first-order valence-corrected chi connectivity index (χ1v) is 8.24. The molecule has 1 amide bonds. The first-order valence-electron chi connectivity index (χ1n) is 8.24. The van der Waals surface area contributed by atoms with Gasteiger partial charge >= 0.3 is 12.1 Å². The van der Waals surface area contributed by atoms with Crippen molar-refractivity contribution >= 4 is 12.1 Å². The molecule has 0 aromatic heterocycles. The van der Waals surface area contributed by atoms with Crippen LogP contribution < -0.4 is 10.1 Å². The summed E-state index contributed by atoms with van der Waals surface area (Å²) < 4.78 is 10.9. The zero-order chi connectivity index (χ0) is 17.2. The molecule has 2 heterocycles. The summed E-state index contributed by atoms with van der Waals surface area (Å²) in [5.41, 5.74) is -0.0121. The van der Waals surface area contributed by atoms with Gasteiger partial charge in [0.05, 0.1) is 5.70 Å². The van der Waals surface area contributed by atoms with Gasteiger partial charge < -0.3 is 9.47 Å². The Kier molecular flexibility index (Phi) is 4.57. The van der Waals surface area contributed by atoms with E-state index in [1.165, 1.54) is 0 Å². The third kappa shape index (κ3) is 3.14. The molecule has 0 aliphatic carbocycles. The number of nitrogens with zero attached hydrogens (tertiary/aromatic N) is 1. The number of amides is 1. The van der Waals surface area contributed by atoms with Crippen LogP contribution in [-0.4, -0.2) is 41.7 Å². The number of rotatable bonds is 4. The van der Waals surface area contributed by atoms with E-state index in [0.29, 0.717) is 43.8 Å². The molecule has 2 aliphatic rings. The number of nitrogens with one attached hydrogen (secondary N) is 1. The minimum absolute atomic E-state index is 0.250. The van der Waals surface area contributed by atoms with Crippen molar-refractivity contribution in [2.45, 2.75) is 37.8 Å². The highest BCUT2D eigenvalue weighted by molar-refractivity contribution is 5.78. The fourth-order valence-electron chi connectivity index (χ4n) is 3.35. The molecule has 24 heavy (non-hydrogen) atoms. The van der Waals surface area contributed by atoms with Gasteiger partial charge in [-0.15, -0.1) is 0 Å². The van der Waals surface area contributed by atoms with E-state index in [0.717, 1.165) is 0 Å². The molecular formula is C18H22N2O4. The van der Waals surface area contributed by atoms with E-state index in [9.17, 15) is 9.59 Å². The van der Waals surface area contributed by atoms with Crippen molar-refractivity contribution in [1.29, 1.82) is 0 Å². The second-order valence-electron chi connectivity index (χ2n) is 6.18. The molecule has 2 fully saturated rings. The molecule has 0 saturated carbocycles. The lowest BCUT2D eigenvalue weighted by molar-refractivity contribution is -0.142. The minimum atomic E-state index is -0.630. The van der Waals surface area contributed by atoms with Crippen molar-refractivity contribution in [3.63, 3.8) is 0 Å². The van der Waals surface area contributed by atoms with Crippen molar-refractivity contribution in [2.24, 2.45) is 0 Å². The number of carbonyl (C=O) groups is 2. The molecule has 1 N–H and O–H groups in total. The third-order valence-electron chi connectivity index (χ3n) is 4.76. The standard InChI is InChI=1S/C18H22N2O4/c1-3-15(16(21)23-14-7-5-4-6-8-14)20-11-9-18(10-12-20)13(2)19-17(22)24-18/h4-8,15H,2-3,9-12H2,1H3,(H,19,22). The highest BCUT2D eigenvalue weighted by atomic mass is 16.6. The maximum Gasteiger partial charge on any atom is 0.412 e. The molecule has 2 aliphatic heterocycles. The molecule has 6 heteroatoms. The van der Waals surface area contributed by atoms with Gasteiger partial charge in [-0.25, -0.2) is 9.59 Å². The summed E-state index contributed by atoms with van der Waals surface area (Å²) in [5, 5.41) is 2.63. The van der Waals surface area contributed by atoms with Crippen molar-refractivity contribution < 1.29 is 19.1 Å². The molecule has 1 atom stereocenters. The fourth-order valence-corrected chi connectivity index (χ4v) is 3.35. The summed E-state index contributed by atoms with van der Waals surface area (Å²) in [7, 11) is 0. The lowest BCUT2D eigenvalue weighted by Gasteiger charge is -2.40. The fraction of sp³-hybridized carbons (Fsp3) is 0.444. The van der Waals surface area contributed by atoms with Crippen LogP contribution in [0.3, 0.4) is 0 Å². The molecule has 128 valence electrons. The Labute approximate surface area is 141 Å². The van der Waals surface area contributed by atoms with Gasteiger partial charge in [-0.1, -0.05) is 31.7 Å². The number of benzene rings is 1. The summed E-state index contributed by atoms with van der Waals surface area (Å²) in [6.45, 7) is 7.16. The number of piperidine rings is 1.